The summed E-state index contributed by atoms with van der Waals surface area (Å²) < 4.78 is 15.9. The van der Waals surface area contributed by atoms with Crippen LogP contribution in [0.15, 0.2) is 24.3 Å². The number of ketones is 2. The summed E-state index contributed by atoms with van der Waals surface area (Å²) in [6, 6.07) is 5.42. The fourth-order valence-corrected chi connectivity index (χ4v) is 5.27. The highest BCUT2D eigenvalue weighted by Crippen LogP contribution is 2.29. The van der Waals surface area contributed by atoms with Gasteiger partial charge in [0.05, 0.1) is 39.5 Å². The van der Waals surface area contributed by atoms with E-state index in [4.69, 9.17) is 14.2 Å². The van der Waals surface area contributed by atoms with Gasteiger partial charge in [-0.1, -0.05) is 12.1 Å². The molecule has 2 N–H and O–H groups in total. The number of rotatable bonds is 15. The lowest BCUT2D eigenvalue weighted by Crippen LogP contribution is -2.54. The first-order chi connectivity index (χ1) is 20.1. The molecule has 3 fully saturated rings. The van der Waals surface area contributed by atoms with Gasteiger partial charge in [-0.2, -0.15) is 0 Å². The van der Waals surface area contributed by atoms with E-state index in [0.29, 0.717) is 51.4 Å². The van der Waals surface area contributed by atoms with Gasteiger partial charge in [-0.15, -0.1) is 0 Å². The number of hydrogen-bond acceptors (Lipinski definition) is 9. The molecule has 12 heteroatoms. The van der Waals surface area contributed by atoms with Crippen LogP contribution in [-0.4, -0.2) is 116 Å². The van der Waals surface area contributed by atoms with Gasteiger partial charge in [0, 0.05) is 44.9 Å². The van der Waals surface area contributed by atoms with Crippen molar-refractivity contribution in [3.63, 3.8) is 0 Å². The van der Waals surface area contributed by atoms with Crippen molar-refractivity contribution in [1.29, 1.82) is 0 Å². The second kappa shape index (κ2) is 14.2. The van der Waals surface area contributed by atoms with Crippen LogP contribution in [0.25, 0.3) is 0 Å². The zero-order valence-corrected chi connectivity index (χ0v) is 24.7. The number of benzene rings is 1. The number of amides is 3. The molecular weight excluding hydrogens is 544 g/mol. The number of epoxide rings is 1. The highest BCUT2D eigenvalue weighted by Gasteiger charge is 2.51. The lowest BCUT2D eigenvalue weighted by atomic mass is 9.90. The Morgan fingerprint density at radius 3 is 2.36 bits per heavy atom. The number of likely N-dealkylation sites (tertiary alicyclic amines) is 1. The molecule has 0 bridgehead atoms. The molecule has 0 aromatic heterocycles. The standard InChI is InChI=1S/C30H42N4O8/c1-20(31-26(36)18-33-11-13-41-14-12-33)25(35)16-22(15-21-6-8-23(40-3)9-7-21)29(39)32-24(28(38)30(2)19-42-30)17-34-10-4-5-27(34)37/h6-9,20,22,24H,4-5,10-19H2,1-3H3,(H,31,36)(H,32,39). The molecular formula is C30H42N4O8. The molecule has 3 amide bonds. The molecule has 3 aliphatic heterocycles. The molecule has 0 radical (unpaired) electrons. The van der Waals surface area contributed by atoms with Crippen LogP contribution in [0.4, 0.5) is 0 Å². The summed E-state index contributed by atoms with van der Waals surface area (Å²) in [5.41, 5.74) is -0.191. The predicted octanol–water partition coefficient (Wildman–Crippen LogP) is 0.115. The van der Waals surface area contributed by atoms with Crippen LogP contribution >= 0.6 is 0 Å². The van der Waals surface area contributed by atoms with E-state index in [-0.39, 0.29) is 55.9 Å². The molecule has 12 nitrogen and oxygen atoms in total. The van der Waals surface area contributed by atoms with Crippen molar-refractivity contribution in [3.8, 4) is 5.75 Å². The Labute approximate surface area is 246 Å². The van der Waals surface area contributed by atoms with E-state index in [1.165, 1.54) is 0 Å². The van der Waals surface area contributed by atoms with Crippen molar-refractivity contribution in [2.24, 2.45) is 5.92 Å². The van der Waals surface area contributed by atoms with Gasteiger partial charge >= 0.3 is 0 Å². The number of carbonyl (C=O) groups excluding carboxylic acids is 5. The highest BCUT2D eigenvalue weighted by molar-refractivity contribution is 5.98. The van der Waals surface area contributed by atoms with Crippen LogP contribution in [0.1, 0.15) is 38.7 Å². The lowest BCUT2D eigenvalue weighted by Gasteiger charge is -2.28. The van der Waals surface area contributed by atoms with Crippen LogP contribution in [0.2, 0.25) is 0 Å². The maximum absolute atomic E-state index is 13.7. The number of ether oxygens (including phenoxy) is 3. The van der Waals surface area contributed by atoms with E-state index in [9.17, 15) is 24.0 Å². The van der Waals surface area contributed by atoms with Gasteiger partial charge in [0.2, 0.25) is 17.7 Å². The van der Waals surface area contributed by atoms with E-state index in [2.05, 4.69) is 10.6 Å². The van der Waals surface area contributed by atoms with E-state index in [0.717, 1.165) is 5.56 Å². The first-order valence-corrected chi connectivity index (χ1v) is 14.6. The normalized spacial score (nSPS) is 22.6. The Bertz CT molecular complexity index is 1150. The van der Waals surface area contributed by atoms with E-state index in [1.54, 1.807) is 38.0 Å². The minimum Gasteiger partial charge on any atom is -0.497 e. The minimum absolute atomic E-state index is 0.0551. The number of carbonyl (C=O) groups is 5. The summed E-state index contributed by atoms with van der Waals surface area (Å²) in [5, 5.41) is 5.60. The number of Topliss-reactive ketones (excluding diaryl/α,β-unsaturated/α-hetero) is 2. The topological polar surface area (TPSA) is 147 Å². The second-order valence-corrected chi connectivity index (χ2v) is 11.5. The molecule has 0 saturated carbocycles. The van der Waals surface area contributed by atoms with Crippen molar-refractivity contribution in [3.05, 3.63) is 29.8 Å². The fourth-order valence-electron chi connectivity index (χ4n) is 5.27. The Morgan fingerprint density at radius 1 is 1.07 bits per heavy atom. The Morgan fingerprint density at radius 2 is 1.76 bits per heavy atom. The van der Waals surface area contributed by atoms with Crippen molar-refractivity contribution < 1.29 is 38.2 Å². The number of morpholine rings is 1. The van der Waals surface area contributed by atoms with E-state index < -0.39 is 29.5 Å². The van der Waals surface area contributed by atoms with E-state index >= 15 is 0 Å². The molecule has 42 heavy (non-hydrogen) atoms. The van der Waals surface area contributed by atoms with Crippen molar-refractivity contribution in [2.75, 3.05) is 59.7 Å². The molecule has 230 valence electrons. The van der Waals surface area contributed by atoms with Gasteiger partial charge in [0.15, 0.2) is 11.6 Å². The number of nitrogens with zero attached hydrogens (tertiary/aromatic N) is 2. The van der Waals surface area contributed by atoms with Crippen LogP contribution in [0, 0.1) is 5.92 Å². The molecule has 0 spiro atoms. The summed E-state index contributed by atoms with van der Waals surface area (Å²) in [6.07, 6.45) is 1.19. The van der Waals surface area contributed by atoms with E-state index in [1.807, 2.05) is 17.0 Å². The van der Waals surface area contributed by atoms with Crippen molar-refractivity contribution in [1.82, 2.24) is 20.4 Å². The van der Waals surface area contributed by atoms with Gasteiger partial charge in [-0.05, 0) is 44.4 Å². The van der Waals surface area contributed by atoms with Crippen molar-refractivity contribution >= 4 is 29.3 Å². The molecule has 4 rings (SSSR count). The quantitative estimate of drug-likeness (QED) is 0.274. The molecule has 3 saturated heterocycles. The van der Waals surface area contributed by atoms with Crippen LogP contribution in [-0.2, 0) is 39.9 Å². The Kier molecular flexibility index (Phi) is 10.7. The largest absolute Gasteiger partial charge is 0.497 e. The van der Waals surface area contributed by atoms with Crippen LogP contribution in [0.3, 0.4) is 0 Å². The number of hydrogen-bond donors (Lipinski definition) is 2. The summed E-state index contributed by atoms with van der Waals surface area (Å²) >= 11 is 0. The zero-order chi connectivity index (χ0) is 30.3. The summed E-state index contributed by atoms with van der Waals surface area (Å²) in [7, 11) is 1.56. The SMILES string of the molecule is COc1ccc(CC(CC(=O)C(C)NC(=O)CN2CCOCC2)C(=O)NC(CN2CCCC2=O)C(=O)C2(C)CO2)cc1. The molecule has 3 aliphatic rings. The maximum Gasteiger partial charge on any atom is 0.234 e. The first-order valence-electron chi connectivity index (χ1n) is 14.6. The second-order valence-electron chi connectivity index (χ2n) is 11.5. The van der Waals surface area contributed by atoms with Crippen LogP contribution in [0.5, 0.6) is 5.75 Å². The lowest BCUT2D eigenvalue weighted by molar-refractivity contribution is -0.136. The average Bonchev–Trinajstić information content (AvgIpc) is 3.61. The maximum atomic E-state index is 13.7. The minimum atomic E-state index is -0.999. The monoisotopic (exact) mass is 586 g/mol. The highest BCUT2D eigenvalue weighted by atomic mass is 16.6. The Balaban J connectivity index is 1.45. The fraction of sp³-hybridized carbons (Fsp3) is 0.633. The van der Waals surface area contributed by atoms with Gasteiger partial charge in [0.25, 0.3) is 0 Å². The molecule has 1 aromatic rings. The average molecular weight is 587 g/mol. The third kappa shape index (κ3) is 8.59. The molecule has 1 aromatic carbocycles. The molecule has 0 aliphatic carbocycles. The zero-order valence-electron chi connectivity index (χ0n) is 24.7. The van der Waals surface area contributed by atoms with Gasteiger partial charge in [-0.3, -0.25) is 28.9 Å². The first kappa shape index (κ1) is 31.6. The molecule has 3 heterocycles. The molecule has 4 atom stereocenters. The van der Waals surface area contributed by atoms with Crippen LogP contribution < -0.4 is 15.4 Å². The summed E-state index contributed by atoms with van der Waals surface area (Å²) in [6.45, 7) is 6.68. The molecule has 4 unspecified atom stereocenters. The van der Waals surface area contributed by atoms with Gasteiger partial charge < -0.3 is 29.7 Å². The third-order valence-electron chi connectivity index (χ3n) is 8.10. The van der Waals surface area contributed by atoms with Crippen molar-refractivity contribution in [2.45, 2.75) is 57.2 Å². The van der Waals surface area contributed by atoms with Gasteiger partial charge in [-0.25, -0.2) is 0 Å². The number of nitrogens with one attached hydrogen (secondary N) is 2. The summed E-state index contributed by atoms with van der Waals surface area (Å²) in [4.78, 5) is 68.8. The Hall–Kier alpha value is -3.35. The van der Waals surface area contributed by atoms with Gasteiger partial charge in [0.1, 0.15) is 17.4 Å². The summed E-state index contributed by atoms with van der Waals surface area (Å²) in [5.74, 6) is -1.56. The smallest absolute Gasteiger partial charge is 0.234 e. The number of methoxy groups -OCH3 is 1. The predicted molar refractivity (Wildman–Crippen MR) is 152 cm³/mol. The third-order valence-corrected chi connectivity index (χ3v) is 8.10.